The van der Waals surface area contributed by atoms with Crippen molar-refractivity contribution in [3.8, 4) is 0 Å². The Morgan fingerprint density at radius 3 is 2.23 bits per heavy atom. The third-order valence-electron chi connectivity index (χ3n) is 7.37. The zero-order chi connectivity index (χ0) is 27.5. The first-order valence-corrected chi connectivity index (χ1v) is 12.6. The number of halogens is 5. The molecular formula is C26H15F5N2O5S. The molecule has 7 nitrogen and oxygen atoms in total. The van der Waals surface area contributed by atoms with E-state index in [-0.39, 0.29) is 59.5 Å². The molecule has 0 spiro atoms. The van der Waals surface area contributed by atoms with Crippen LogP contribution in [0.1, 0.15) is 33.4 Å². The lowest BCUT2D eigenvalue weighted by Gasteiger charge is -2.37. The smallest absolute Gasteiger partial charge is 0.259 e. The van der Waals surface area contributed by atoms with Gasteiger partial charge in [-0.25, -0.2) is 22.0 Å². The molecule has 5 aromatic rings. The number of hydrogen-bond acceptors (Lipinski definition) is 6. The van der Waals surface area contributed by atoms with Crippen molar-refractivity contribution in [2.24, 2.45) is 0 Å². The molecule has 4 atom stereocenters. The summed E-state index contributed by atoms with van der Waals surface area (Å²) in [7, 11) is 0. The minimum Gasteiger partial charge on any atom is -0.390 e. The summed E-state index contributed by atoms with van der Waals surface area (Å²) < 4.78 is 78.8. The van der Waals surface area contributed by atoms with Crippen LogP contribution in [0.2, 0.25) is 0 Å². The molecule has 200 valence electrons. The van der Waals surface area contributed by atoms with Crippen LogP contribution in [0, 0.1) is 23.3 Å². The minimum atomic E-state index is -1.66. The van der Waals surface area contributed by atoms with Gasteiger partial charge in [0, 0.05) is 38.7 Å². The highest BCUT2D eigenvalue weighted by molar-refractivity contribution is 7.26. The van der Waals surface area contributed by atoms with Gasteiger partial charge in [-0.05, 0) is 18.2 Å². The number of alkyl halides is 1. The number of carbonyl (C=O) groups excluding carboxylic acids is 2. The highest BCUT2D eigenvalue weighted by Crippen LogP contribution is 2.49. The normalized spacial score (nSPS) is 23.5. The van der Waals surface area contributed by atoms with E-state index in [0.717, 1.165) is 35.6 Å². The van der Waals surface area contributed by atoms with Crippen molar-refractivity contribution in [1.82, 2.24) is 9.88 Å². The number of aliphatic hydroxyl groups excluding tert-OH is 2. The second-order valence-corrected chi connectivity index (χ2v) is 10.6. The first kappa shape index (κ1) is 24.4. The SMILES string of the molecule is O=C1NC(=O)c2c1c1c3cc(F)c(F)cc3sc1c1c2c2cc(F)c(F)cc2n1C1O[C@H](CF)C[C@H](O)[C@H]1O. The maximum atomic E-state index is 14.6. The summed E-state index contributed by atoms with van der Waals surface area (Å²) in [6.07, 6.45) is -6.06. The van der Waals surface area contributed by atoms with Gasteiger partial charge >= 0.3 is 0 Å². The molecular weight excluding hydrogens is 547 g/mol. The van der Waals surface area contributed by atoms with Gasteiger partial charge in [-0.3, -0.25) is 14.9 Å². The van der Waals surface area contributed by atoms with Gasteiger partial charge < -0.3 is 19.5 Å². The van der Waals surface area contributed by atoms with Crippen molar-refractivity contribution in [2.45, 2.75) is 31.0 Å². The molecule has 3 N–H and O–H groups in total. The third-order valence-corrected chi connectivity index (χ3v) is 8.53. The molecule has 0 bridgehead atoms. The number of amides is 2. The highest BCUT2D eigenvalue weighted by Gasteiger charge is 2.42. The van der Waals surface area contributed by atoms with E-state index >= 15 is 0 Å². The van der Waals surface area contributed by atoms with E-state index in [1.165, 1.54) is 4.57 Å². The van der Waals surface area contributed by atoms with E-state index in [1.54, 1.807) is 0 Å². The van der Waals surface area contributed by atoms with Gasteiger partial charge in [-0.1, -0.05) is 0 Å². The average molecular weight is 562 g/mol. The lowest BCUT2D eigenvalue weighted by Crippen LogP contribution is -2.46. The summed E-state index contributed by atoms with van der Waals surface area (Å²) in [6, 6.07) is 3.42. The highest BCUT2D eigenvalue weighted by atomic mass is 32.1. The molecule has 13 heteroatoms. The summed E-state index contributed by atoms with van der Waals surface area (Å²) >= 11 is 0.914. The Labute approximate surface area is 218 Å². The number of aromatic nitrogens is 1. The number of imide groups is 1. The molecule has 0 aliphatic carbocycles. The van der Waals surface area contributed by atoms with Crippen LogP contribution in [0.15, 0.2) is 24.3 Å². The van der Waals surface area contributed by atoms with E-state index in [9.17, 15) is 41.8 Å². The van der Waals surface area contributed by atoms with E-state index in [1.807, 2.05) is 0 Å². The molecule has 0 radical (unpaired) electrons. The molecule has 0 saturated carbocycles. The van der Waals surface area contributed by atoms with Crippen LogP contribution in [0.3, 0.4) is 0 Å². The summed E-state index contributed by atoms with van der Waals surface area (Å²) in [4.78, 5) is 26.1. The number of nitrogens with one attached hydrogen (secondary N) is 1. The predicted octanol–water partition coefficient (Wildman–Crippen LogP) is 4.58. The monoisotopic (exact) mass is 562 g/mol. The molecule has 2 aliphatic rings. The fourth-order valence-corrected chi connectivity index (χ4v) is 6.99. The lowest BCUT2D eigenvalue weighted by atomic mass is 9.96. The Hall–Kier alpha value is -3.65. The van der Waals surface area contributed by atoms with Crippen molar-refractivity contribution in [1.29, 1.82) is 0 Å². The van der Waals surface area contributed by atoms with Crippen LogP contribution < -0.4 is 5.32 Å². The molecule has 3 aromatic carbocycles. The zero-order valence-corrected chi connectivity index (χ0v) is 20.2. The fraction of sp³-hybridized carbons (Fsp3) is 0.231. The minimum absolute atomic E-state index is 0.00471. The Balaban J connectivity index is 1.75. The number of nitrogens with zero attached hydrogens (tertiary/aromatic N) is 1. The van der Waals surface area contributed by atoms with Gasteiger partial charge in [0.1, 0.15) is 12.8 Å². The van der Waals surface area contributed by atoms with Gasteiger partial charge in [-0.15, -0.1) is 11.3 Å². The first-order valence-electron chi connectivity index (χ1n) is 11.7. The third kappa shape index (κ3) is 3.18. The topological polar surface area (TPSA) is 101 Å². The van der Waals surface area contributed by atoms with Crippen LogP contribution in [-0.4, -0.2) is 51.6 Å². The summed E-state index contributed by atoms with van der Waals surface area (Å²) in [5, 5.41) is 23.7. The van der Waals surface area contributed by atoms with Gasteiger partial charge in [0.15, 0.2) is 29.5 Å². The Morgan fingerprint density at radius 2 is 1.54 bits per heavy atom. The van der Waals surface area contributed by atoms with E-state index in [4.69, 9.17) is 4.74 Å². The second-order valence-electron chi connectivity index (χ2n) is 9.58. The number of thiophene rings is 1. The molecule has 7 rings (SSSR count). The largest absolute Gasteiger partial charge is 0.390 e. The molecule has 1 fully saturated rings. The molecule has 4 heterocycles. The Kier molecular flexibility index (Phi) is 5.12. The molecule has 2 aliphatic heterocycles. The predicted molar refractivity (Wildman–Crippen MR) is 130 cm³/mol. The van der Waals surface area contributed by atoms with Crippen molar-refractivity contribution in [3.63, 3.8) is 0 Å². The van der Waals surface area contributed by atoms with E-state index in [2.05, 4.69) is 5.32 Å². The van der Waals surface area contributed by atoms with Crippen LogP contribution >= 0.6 is 11.3 Å². The Bertz CT molecular complexity index is 1940. The van der Waals surface area contributed by atoms with Crippen molar-refractivity contribution in [2.75, 3.05) is 6.67 Å². The summed E-state index contributed by atoms with van der Waals surface area (Å²) in [5.41, 5.74) is -0.410. The van der Waals surface area contributed by atoms with Crippen LogP contribution in [-0.2, 0) is 4.74 Å². The number of rotatable bonds is 2. The van der Waals surface area contributed by atoms with Crippen molar-refractivity contribution < 1.29 is 46.5 Å². The zero-order valence-electron chi connectivity index (χ0n) is 19.4. The molecule has 2 amide bonds. The van der Waals surface area contributed by atoms with E-state index in [0.29, 0.717) is 0 Å². The summed E-state index contributed by atoms with van der Waals surface area (Å²) in [5.74, 6) is -6.60. The molecule has 1 saturated heterocycles. The van der Waals surface area contributed by atoms with Gasteiger partial charge in [0.2, 0.25) is 0 Å². The van der Waals surface area contributed by atoms with Gasteiger partial charge in [0.05, 0.1) is 39.1 Å². The van der Waals surface area contributed by atoms with Gasteiger partial charge in [-0.2, -0.15) is 0 Å². The van der Waals surface area contributed by atoms with E-state index < -0.39 is 66.3 Å². The summed E-state index contributed by atoms with van der Waals surface area (Å²) in [6.45, 7) is -1.02. The number of carbonyl (C=O) groups is 2. The maximum Gasteiger partial charge on any atom is 0.259 e. The quantitative estimate of drug-likeness (QED) is 0.216. The molecule has 1 unspecified atom stereocenters. The van der Waals surface area contributed by atoms with Crippen molar-refractivity contribution in [3.05, 3.63) is 58.7 Å². The number of fused-ring (bicyclic) bond motifs is 10. The maximum absolute atomic E-state index is 14.6. The van der Waals surface area contributed by atoms with Crippen molar-refractivity contribution >= 4 is 65.1 Å². The van der Waals surface area contributed by atoms with Crippen LogP contribution in [0.5, 0.6) is 0 Å². The molecule has 39 heavy (non-hydrogen) atoms. The van der Waals surface area contributed by atoms with Gasteiger partial charge in [0.25, 0.3) is 11.8 Å². The second kappa shape index (κ2) is 8.18. The average Bonchev–Trinajstić information content (AvgIpc) is 3.50. The standard InChI is InChI=1S/C26H15F5N2O5S/c27-6-7-1-15(34)22(35)26(38-7)33-14-4-12(30)10(28)2-8(14)17-19-20(25(37)32-24(19)36)18-9-3-11(29)13(31)5-16(9)39-23(18)21(17)33/h2-5,7,15,22,26,34-35H,1,6H2,(H,32,36,37)/t7-,15-,22+,26?/m0/s1. The Morgan fingerprint density at radius 1 is 0.923 bits per heavy atom. The lowest BCUT2D eigenvalue weighted by molar-refractivity contribution is -0.198. The first-order chi connectivity index (χ1) is 18.6. The fourth-order valence-electron chi connectivity index (χ4n) is 5.73. The number of benzene rings is 3. The van der Waals surface area contributed by atoms with Crippen LogP contribution in [0.4, 0.5) is 22.0 Å². The van der Waals surface area contributed by atoms with Crippen LogP contribution in [0.25, 0.3) is 42.0 Å². The number of ether oxygens (including phenoxy) is 1. The number of aliphatic hydroxyl groups is 2. The number of hydrogen-bond donors (Lipinski definition) is 3. The molecule has 2 aromatic heterocycles.